The molecule has 0 heterocycles. The molecule has 0 N–H and O–H groups in total. The molecule has 54 heavy (non-hydrogen) atoms. The Kier molecular flexibility index (Phi) is 10.9. The van der Waals surface area contributed by atoms with Crippen LogP contribution in [0.3, 0.4) is 0 Å². The lowest BCUT2D eigenvalue weighted by Gasteiger charge is -2.32. The van der Waals surface area contributed by atoms with Gasteiger partial charge in [0.25, 0.3) is 0 Å². The second kappa shape index (κ2) is 16.3. The molecule has 0 aliphatic heterocycles. The van der Waals surface area contributed by atoms with Crippen LogP contribution in [0.2, 0.25) is 0 Å². The summed E-state index contributed by atoms with van der Waals surface area (Å²) in [5.74, 6) is 0. The molecular weight excluding hydrogens is 733 g/mol. The maximum Gasteiger partial charge on any atom is 0.181 e. The first kappa shape index (κ1) is 36.2. The molecule has 0 bridgehead atoms. The molecule has 8 rings (SSSR count). The maximum atomic E-state index is 7.82. The van der Waals surface area contributed by atoms with Gasteiger partial charge in [0.05, 0.1) is 0 Å². The standard InChI is InChI=1S/C50H40Cl2P2/c51-49(53(43-19-7-1-8-20-43,44-21-9-2-10-22-44)45-23-11-3-12-24-45)41-35-31-39(32-36-41)40-33-37-42(38-34-40)50(52)54(46-25-13-4-14-26-46,47-27-15-5-16-28-47)48-29-17-6-18-30-48/h1-38,49-50H/q+2. The van der Waals surface area contributed by atoms with E-state index in [-0.39, 0.29) is 10.2 Å². The van der Waals surface area contributed by atoms with Crippen molar-refractivity contribution in [2.45, 2.75) is 10.2 Å². The molecule has 0 saturated carbocycles. The Morgan fingerprint density at radius 2 is 0.426 bits per heavy atom. The van der Waals surface area contributed by atoms with Crippen LogP contribution in [-0.4, -0.2) is 0 Å². The molecule has 4 heteroatoms. The Labute approximate surface area is 330 Å². The molecule has 0 aliphatic carbocycles. The zero-order valence-electron chi connectivity index (χ0n) is 29.7. The summed E-state index contributed by atoms with van der Waals surface area (Å²) in [5.41, 5.74) is 4.48. The van der Waals surface area contributed by atoms with Crippen molar-refractivity contribution in [1.29, 1.82) is 0 Å². The lowest BCUT2D eigenvalue weighted by Crippen LogP contribution is -2.33. The van der Waals surface area contributed by atoms with Crippen molar-refractivity contribution < 1.29 is 0 Å². The largest absolute Gasteiger partial charge is 0.181 e. The third-order valence-electron chi connectivity index (χ3n) is 10.4. The molecular formula is C50H40Cl2P2+2. The van der Waals surface area contributed by atoms with Gasteiger partial charge in [-0.1, -0.05) is 181 Å². The molecule has 0 saturated heterocycles. The first-order valence-corrected chi connectivity index (χ1v) is 22.8. The van der Waals surface area contributed by atoms with Gasteiger partial charge in [0.2, 0.25) is 0 Å². The van der Waals surface area contributed by atoms with Crippen LogP contribution < -0.4 is 31.8 Å². The van der Waals surface area contributed by atoms with Crippen LogP contribution in [-0.2, 0) is 0 Å². The molecule has 0 aliphatic rings. The van der Waals surface area contributed by atoms with Gasteiger partial charge >= 0.3 is 0 Å². The van der Waals surface area contributed by atoms with Crippen LogP contribution in [0.15, 0.2) is 231 Å². The molecule has 0 nitrogen and oxygen atoms in total. The third-order valence-corrected chi connectivity index (χ3v) is 21.3. The zero-order valence-corrected chi connectivity index (χ0v) is 33.0. The predicted molar refractivity (Wildman–Crippen MR) is 239 cm³/mol. The van der Waals surface area contributed by atoms with Crippen LogP contribution in [0.25, 0.3) is 11.1 Å². The van der Waals surface area contributed by atoms with E-state index in [2.05, 4.69) is 231 Å². The zero-order chi connectivity index (χ0) is 36.8. The van der Waals surface area contributed by atoms with Crippen LogP contribution in [0, 0.1) is 0 Å². The molecule has 2 atom stereocenters. The van der Waals surface area contributed by atoms with E-state index in [9.17, 15) is 0 Å². The summed E-state index contributed by atoms with van der Waals surface area (Å²) < 4.78 is 0. The summed E-state index contributed by atoms with van der Waals surface area (Å²) in [6.07, 6.45) is 0. The van der Waals surface area contributed by atoms with E-state index in [4.69, 9.17) is 23.2 Å². The van der Waals surface area contributed by atoms with Gasteiger partial charge in [0.1, 0.15) is 46.4 Å². The summed E-state index contributed by atoms with van der Waals surface area (Å²) in [5, 5.41) is 7.03. The van der Waals surface area contributed by atoms with Gasteiger partial charge in [-0.15, -0.1) is 0 Å². The molecule has 0 radical (unpaired) electrons. The van der Waals surface area contributed by atoms with E-state index in [0.717, 1.165) is 22.3 Å². The van der Waals surface area contributed by atoms with Gasteiger partial charge in [0.15, 0.2) is 10.2 Å². The first-order chi connectivity index (χ1) is 26.6. The van der Waals surface area contributed by atoms with E-state index in [1.54, 1.807) is 0 Å². The second-order valence-electron chi connectivity index (χ2n) is 13.4. The van der Waals surface area contributed by atoms with Crippen molar-refractivity contribution in [3.8, 4) is 11.1 Å². The normalized spacial score (nSPS) is 12.9. The van der Waals surface area contributed by atoms with E-state index in [1.807, 2.05) is 0 Å². The quantitative estimate of drug-likeness (QED) is 0.0907. The van der Waals surface area contributed by atoms with E-state index < -0.39 is 14.5 Å². The summed E-state index contributed by atoms with van der Waals surface area (Å²) in [6.45, 7) is 0. The fourth-order valence-corrected chi connectivity index (χ4v) is 18.5. The van der Waals surface area contributed by atoms with E-state index >= 15 is 0 Å². The van der Waals surface area contributed by atoms with Crippen LogP contribution >= 0.6 is 37.7 Å². The average molecular weight is 774 g/mol. The average Bonchev–Trinajstić information content (AvgIpc) is 3.26. The number of rotatable bonds is 11. The Balaban J connectivity index is 1.17. The SMILES string of the molecule is ClC(c1ccc(-c2ccc(C(Cl)[P+](c3ccccc3)(c3ccccc3)c3ccccc3)cc2)cc1)[P+](c1ccccc1)(c1ccccc1)c1ccccc1. The Morgan fingerprint density at radius 1 is 0.241 bits per heavy atom. The minimum absolute atomic E-state index is 0.274. The summed E-state index contributed by atoms with van der Waals surface area (Å²) in [6, 6.07) is 82.6. The van der Waals surface area contributed by atoms with E-state index in [0.29, 0.717) is 0 Å². The molecule has 8 aromatic rings. The minimum Gasteiger partial charge on any atom is -0.0720 e. The lowest BCUT2D eigenvalue weighted by molar-refractivity contribution is 1.33. The third kappa shape index (κ3) is 6.64. The van der Waals surface area contributed by atoms with Crippen molar-refractivity contribution in [3.05, 3.63) is 242 Å². The van der Waals surface area contributed by atoms with Gasteiger partial charge in [-0.25, -0.2) is 0 Å². The van der Waals surface area contributed by atoms with Gasteiger partial charge < -0.3 is 0 Å². The monoisotopic (exact) mass is 772 g/mol. The molecule has 8 aromatic carbocycles. The van der Waals surface area contributed by atoms with Gasteiger partial charge in [-0.2, -0.15) is 0 Å². The van der Waals surface area contributed by atoms with Crippen molar-refractivity contribution in [1.82, 2.24) is 0 Å². The number of halogens is 2. The summed E-state index contributed by atoms with van der Waals surface area (Å²) in [4.78, 5) is 0. The highest BCUT2D eigenvalue weighted by atomic mass is 35.5. The highest BCUT2D eigenvalue weighted by molar-refractivity contribution is 7.97. The van der Waals surface area contributed by atoms with Gasteiger partial charge in [0, 0.05) is 11.1 Å². The number of hydrogen-bond acceptors (Lipinski definition) is 0. The summed E-state index contributed by atoms with van der Waals surface area (Å²) in [7, 11) is -4.62. The van der Waals surface area contributed by atoms with Crippen molar-refractivity contribution in [3.63, 3.8) is 0 Å². The molecule has 0 aromatic heterocycles. The number of benzene rings is 8. The second-order valence-corrected chi connectivity index (χ2v) is 21.9. The molecule has 0 fully saturated rings. The summed E-state index contributed by atoms with van der Waals surface area (Å²) >= 11 is 15.6. The van der Waals surface area contributed by atoms with Crippen LogP contribution in [0.4, 0.5) is 0 Å². The molecule has 0 spiro atoms. The van der Waals surface area contributed by atoms with Gasteiger partial charge in [-0.3, -0.25) is 0 Å². The Morgan fingerprint density at radius 3 is 0.611 bits per heavy atom. The fraction of sp³-hybridized carbons (Fsp3) is 0.0400. The van der Waals surface area contributed by atoms with Crippen LogP contribution in [0.5, 0.6) is 0 Å². The maximum absolute atomic E-state index is 7.82. The Hall–Kier alpha value is -4.80. The first-order valence-electron chi connectivity index (χ1n) is 18.2. The van der Waals surface area contributed by atoms with Crippen molar-refractivity contribution >= 4 is 69.6 Å². The Bertz CT molecular complexity index is 2000. The smallest absolute Gasteiger partial charge is 0.0720 e. The topological polar surface area (TPSA) is 0 Å². The fourth-order valence-electron chi connectivity index (χ4n) is 7.77. The molecule has 2 unspecified atom stereocenters. The number of alkyl halides is 2. The van der Waals surface area contributed by atoms with Crippen molar-refractivity contribution in [2.24, 2.45) is 0 Å². The lowest BCUT2D eigenvalue weighted by atomic mass is 10.0. The van der Waals surface area contributed by atoms with Crippen LogP contribution in [0.1, 0.15) is 21.4 Å². The minimum atomic E-state index is -2.31. The van der Waals surface area contributed by atoms with Crippen molar-refractivity contribution in [2.75, 3.05) is 0 Å². The molecule has 262 valence electrons. The van der Waals surface area contributed by atoms with Gasteiger partial charge in [-0.05, 0) is 83.9 Å². The predicted octanol–water partition coefficient (Wildman–Crippen LogP) is 11.8. The number of hydrogen-bond donors (Lipinski definition) is 0. The molecule has 0 amide bonds. The highest BCUT2D eigenvalue weighted by Crippen LogP contribution is 2.69. The highest BCUT2D eigenvalue weighted by Gasteiger charge is 2.53. The van der Waals surface area contributed by atoms with E-state index in [1.165, 1.54) is 31.8 Å².